The molecule has 1 aromatic carbocycles. The maximum Gasteiger partial charge on any atom is 0.0108 e. The first-order chi connectivity index (χ1) is 6.15. The molecule has 1 unspecified atom stereocenters. The molecule has 0 aliphatic heterocycles. The Balaban J connectivity index is 2.31. The molecule has 2 rings (SSSR count). The van der Waals surface area contributed by atoms with E-state index in [1.54, 1.807) is 0 Å². The lowest BCUT2D eigenvalue weighted by Crippen LogP contribution is -2.31. The Morgan fingerprint density at radius 2 is 1.77 bits per heavy atom. The van der Waals surface area contributed by atoms with E-state index in [1.807, 2.05) is 0 Å². The van der Waals surface area contributed by atoms with Crippen molar-refractivity contribution in [1.82, 2.24) is 0 Å². The monoisotopic (exact) mass is 175 g/mol. The molecule has 0 saturated heterocycles. The van der Waals surface area contributed by atoms with Crippen LogP contribution in [0.3, 0.4) is 0 Å². The van der Waals surface area contributed by atoms with Crippen LogP contribution in [0, 0.1) is 6.92 Å². The van der Waals surface area contributed by atoms with Crippen molar-refractivity contribution in [3.63, 3.8) is 0 Å². The van der Waals surface area contributed by atoms with Gasteiger partial charge in [0.1, 0.15) is 0 Å². The lowest BCUT2D eigenvalue weighted by atomic mass is 9.89. The second kappa shape index (κ2) is 2.85. The van der Waals surface area contributed by atoms with Crippen molar-refractivity contribution >= 4 is 0 Å². The van der Waals surface area contributed by atoms with Gasteiger partial charge in [0.05, 0.1) is 0 Å². The highest BCUT2D eigenvalue weighted by atomic mass is 14.7. The van der Waals surface area contributed by atoms with Crippen LogP contribution in [0.2, 0.25) is 0 Å². The fourth-order valence-electron chi connectivity index (χ4n) is 2.03. The lowest BCUT2D eigenvalue weighted by Gasteiger charge is -2.20. The van der Waals surface area contributed by atoms with Crippen molar-refractivity contribution in [3.8, 4) is 0 Å². The molecule has 1 aliphatic rings. The van der Waals surface area contributed by atoms with Gasteiger partial charge < -0.3 is 5.73 Å². The van der Waals surface area contributed by atoms with Gasteiger partial charge in [0, 0.05) is 11.5 Å². The molecular formula is C12H17N. The molecule has 1 nitrogen and oxygen atoms in total. The van der Waals surface area contributed by atoms with Crippen molar-refractivity contribution in [2.24, 2.45) is 5.73 Å². The fraction of sp³-hybridized carbons (Fsp3) is 0.500. The lowest BCUT2D eigenvalue weighted by molar-refractivity contribution is 0.556. The van der Waals surface area contributed by atoms with E-state index >= 15 is 0 Å². The predicted octanol–water partition coefficient (Wildman–Crippen LogP) is 2.37. The molecule has 1 saturated carbocycles. The molecule has 0 heterocycles. The van der Waals surface area contributed by atoms with Crippen LogP contribution in [0.4, 0.5) is 0 Å². The van der Waals surface area contributed by atoms with Crippen LogP contribution < -0.4 is 5.73 Å². The van der Waals surface area contributed by atoms with Gasteiger partial charge in [-0.05, 0) is 32.3 Å². The molecule has 0 bridgehead atoms. The Morgan fingerprint density at radius 3 is 2.15 bits per heavy atom. The highest BCUT2D eigenvalue weighted by Gasteiger charge is 2.47. The Morgan fingerprint density at radius 1 is 1.23 bits per heavy atom. The number of hydrogen-bond acceptors (Lipinski definition) is 1. The molecule has 1 aliphatic carbocycles. The highest BCUT2D eigenvalue weighted by Crippen LogP contribution is 2.50. The van der Waals surface area contributed by atoms with Crippen LogP contribution in [0.15, 0.2) is 24.3 Å². The van der Waals surface area contributed by atoms with Gasteiger partial charge in [0.2, 0.25) is 0 Å². The van der Waals surface area contributed by atoms with E-state index in [0.717, 1.165) is 0 Å². The summed E-state index contributed by atoms with van der Waals surface area (Å²) < 4.78 is 0. The molecule has 1 atom stereocenters. The Kier molecular flexibility index (Phi) is 1.92. The zero-order valence-electron chi connectivity index (χ0n) is 8.38. The molecule has 0 spiro atoms. The van der Waals surface area contributed by atoms with Crippen LogP contribution in [0.5, 0.6) is 0 Å². The van der Waals surface area contributed by atoms with Crippen molar-refractivity contribution in [2.75, 3.05) is 0 Å². The molecule has 2 N–H and O–H groups in total. The summed E-state index contributed by atoms with van der Waals surface area (Å²) in [6, 6.07) is 9.10. The van der Waals surface area contributed by atoms with Crippen LogP contribution in [-0.4, -0.2) is 6.04 Å². The van der Waals surface area contributed by atoms with E-state index in [0.29, 0.717) is 5.41 Å². The van der Waals surface area contributed by atoms with Gasteiger partial charge in [-0.3, -0.25) is 0 Å². The van der Waals surface area contributed by atoms with E-state index in [2.05, 4.69) is 38.1 Å². The summed E-state index contributed by atoms with van der Waals surface area (Å²) in [5, 5.41) is 0. The van der Waals surface area contributed by atoms with E-state index < -0.39 is 0 Å². The summed E-state index contributed by atoms with van der Waals surface area (Å²) in [6.07, 6.45) is 2.52. The fourth-order valence-corrected chi connectivity index (χ4v) is 2.03. The van der Waals surface area contributed by atoms with Crippen molar-refractivity contribution in [3.05, 3.63) is 35.4 Å². The van der Waals surface area contributed by atoms with Gasteiger partial charge in [-0.15, -0.1) is 0 Å². The quantitative estimate of drug-likeness (QED) is 0.733. The van der Waals surface area contributed by atoms with Crippen molar-refractivity contribution in [2.45, 2.75) is 38.1 Å². The summed E-state index contributed by atoms with van der Waals surface area (Å²) in [4.78, 5) is 0. The topological polar surface area (TPSA) is 26.0 Å². The summed E-state index contributed by atoms with van der Waals surface area (Å²) in [5.74, 6) is 0. The number of nitrogens with two attached hydrogens (primary N) is 1. The van der Waals surface area contributed by atoms with Crippen LogP contribution in [0.1, 0.15) is 30.9 Å². The minimum atomic E-state index is 0.287. The van der Waals surface area contributed by atoms with Crippen LogP contribution in [0.25, 0.3) is 0 Å². The van der Waals surface area contributed by atoms with Gasteiger partial charge in [-0.2, -0.15) is 0 Å². The average Bonchev–Trinajstić information content (AvgIpc) is 2.86. The Labute approximate surface area is 80.0 Å². The SMILES string of the molecule is Cc1ccc(C2(C(C)N)CC2)cc1. The van der Waals surface area contributed by atoms with E-state index in [-0.39, 0.29) is 6.04 Å². The van der Waals surface area contributed by atoms with E-state index in [4.69, 9.17) is 5.73 Å². The average molecular weight is 175 g/mol. The van der Waals surface area contributed by atoms with Gasteiger partial charge >= 0.3 is 0 Å². The van der Waals surface area contributed by atoms with E-state index in [9.17, 15) is 0 Å². The Bertz CT molecular complexity index is 293. The normalized spacial score (nSPS) is 21.2. The molecular weight excluding hydrogens is 158 g/mol. The second-order valence-electron chi connectivity index (χ2n) is 4.31. The smallest absolute Gasteiger partial charge is 0.0108 e. The zero-order valence-corrected chi connectivity index (χ0v) is 8.38. The molecule has 0 amide bonds. The molecule has 70 valence electrons. The van der Waals surface area contributed by atoms with E-state index in [1.165, 1.54) is 24.0 Å². The molecule has 0 aromatic heterocycles. The number of aryl methyl sites for hydroxylation is 1. The summed E-state index contributed by atoms with van der Waals surface area (Å²) >= 11 is 0. The van der Waals surface area contributed by atoms with Crippen LogP contribution in [-0.2, 0) is 5.41 Å². The first-order valence-corrected chi connectivity index (χ1v) is 4.98. The predicted molar refractivity (Wildman–Crippen MR) is 55.7 cm³/mol. The number of rotatable bonds is 2. The molecule has 1 aromatic rings. The molecule has 13 heavy (non-hydrogen) atoms. The van der Waals surface area contributed by atoms with Gasteiger partial charge in [0.25, 0.3) is 0 Å². The minimum absolute atomic E-state index is 0.287. The summed E-state index contributed by atoms with van der Waals surface area (Å²) in [7, 11) is 0. The third-order valence-electron chi connectivity index (χ3n) is 3.29. The maximum atomic E-state index is 6.00. The summed E-state index contributed by atoms with van der Waals surface area (Å²) in [6.45, 7) is 4.24. The zero-order chi connectivity index (χ0) is 9.47. The Hall–Kier alpha value is -0.820. The van der Waals surface area contributed by atoms with Gasteiger partial charge in [-0.1, -0.05) is 29.8 Å². The first-order valence-electron chi connectivity index (χ1n) is 4.98. The number of hydrogen-bond donors (Lipinski definition) is 1. The molecule has 1 fully saturated rings. The summed E-state index contributed by atoms with van der Waals surface area (Å²) in [5.41, 5.74) is 9.06. The molecule has 1 heteroatoms. The van der Waals surface area contributed by atoms with Crippen molar-refractivity contribution < 1.29 is 0 Å². The second-order valence-corrected chi connectivity index (χ2v) is 4.31. The minimum Gasteiger partial charge on any atom is -0.327 e. The van der Waals surface area contributed by atoms with Gasteiger partial charge in [-0.25, -0.2) is 0 Å². The van der Waals surface area contributed by atoms with Crippen LogP contribution >= 0.6 is 0 Å². The molecule has 0 radical (unpaired) electrons. The van der Waals surface area contributed by atoms with Crippen molar-refractivity contribution in [1.29, 1.82) is 0 Å². The maximum absolute atomic E-state index is 6.00. The third-order valence-corrected chi connectivity index (χ3v) is 3.29. The first kappa shape index (κ1) is 8.76. The largest absolute Gasteiger partial charge is 0.327 e. The third kappa shape index (κ3) is 1.37. The number of benzene rings is 1. The van der Waals surface area contributed by atoms with Gasteiger partial charge in [0.15, 0.2) is 0 Å². The highest BCUT2D eigenvalue weighted by molar-refractivity contribution is 5.35. The standard InChI is InChI=1S/C12H17N/c1-9-3-5-11(6-4-9)12(7-8-12)10(2)13/h3-6,10H,7-8,13H2,1-2H3.